The number of phenols is 1. The van der Waals surface area contributed by atoms with E-state index in [-0.39, 0.29) is 11.7 Å². The molecule has 2 rings (SSSR count). The third-order valence-electron chi connectivity index (χ3n) is 3.28. The molecule has 1 aliphatic rings. The molecule has 0 saturated carbocycles. The van der Waals surface area contributed by atoms with Gasteiger partial charge in [-0.1, -0.05) is 0 Å². The van der Waals surface area contributed by atoms with Gasteiger partial charge in [0.15, 0.2) is 0 Å². The molecule has 0 atom stereocenters. The summed E-state index contributed by atoms with van der Waals surface area (Å²) >= 11 is 0. The van der Waals surface area contributed by atoms with Crippen molar-refractivity contribution in [2.75, 3.05) is 38.0 Å². The zero-order valence-electron chi connectivity index (χ0n) is 11.3. The smallest absolute Gasteiger partial charge is 0.238 e. The summed E-state index contributed by atoms with van der Waals surface area (Å²) in [5, 5.41) is 15.5. The van der Waals surface area contributed by atoms with Crippen molar-refractivity contribution >= 4 is 11.6 Å². The van der Waals surface area contributed by atoms with Crippen LogP contribution in [0.25, 0.3) is 0 Å². The minimum atomic E-state index is -0.00399. The fourth-order valence-corrected chi connectivity index (χ4v) is 2.24. The van der Waals surface area contributed by atoms with Crippen molar-refractivity contribution in [3.63, 3.8) is 0 Å². The predicted octanol–water partition coefficient (Wildman–Crippen LogP) is 0.934. The number of nitrogens with zero attached hydrogens (tertiary/aromatic N) is 1. The zero-order valence-corrected chi connectivity index (χ0v) is 11.3. The first kappa shape index (κ1) is 13.8. The summed E-state index contributed by atoms with van der Waals surface area (Å²) in [6.45, 7) is 6.10. The molecule has 104 valence electrons. The highest BCUT2D eigenvalue weighted by molar-refractivity contribution is 5.93. The van der Waals surface area contributed by atoms with E-state index in [0.29, 0.717) is 6.54 Å². The predicted molar refractivity (Wildman–Crippen MR) is 75.4 cm³/mol. The Hall–Kier alpha value is -1.59. The van der Waals surface area contributed by atoms with Gasteiger partial charge in [-0.2, -0.15) is 0 Å². The molecule has 0 bridgehead atoms. The summed E-state index contributed by atoms with van der Waals surface area (Å²) in [6.07, 6.45) is 1.07. The number of aryl methyl sites for hydroxylation is 1. The Kier molecular flexibility index (Phi) is 4.76. The molecule has 19 heavy (non-hydrogen) atoms. The summed E-state index contributed by atoms with van der Waals surface area (Å²) in [5.41, 5.74) is 1.63. The van der Waals surface area contributed by atoms with E-state index < -0.39 is 0 Å². The Labute approximate surface area is 113 Å². The molecule has 0 spiro atoms. The van der Waals surface area contributed by atoms with Gasteiger partial charge in [-0.05, 0) is 50.2 Å². The summed E-state index contributed by atoms with van der Waals surface area (Å²) in [5.74, 6) is 0.213. The molecule has 1 saturated heterocycles. The molecule has 1 fully saturated rings. The number of hydrogen-bond donors (Lipinski definition) is 3. The van der Waals surface area contributed by atoms with Crippen molar-refractivity contribution in [1.82, 2.24) is 10.2 Å². The molecule has 0 aromatic heterocycles. The first-order valence-electron chi connectivity index (χ1n) is 6.68. The minimum Gasteiger partial charge on any atom is -0.508 e. The number of benzene rings is 1. The van der Waals surface area contributed by atoms with E-state index in [1.165, 1.54) is 0 Å². The number of carbonyl (C=O) groups is 1. The zero-order chi connectivity index (χ0) is 13.7. The summed E-state index contributed by atoms with van der Waals surface area (Å²) < 4.78 is 0. The normalized spacial score (nSPS) is 16.9. The quantitative estimate of drug-likeness (QED) is 0.710. The van der Waals surface area contributed by atoms with Gasteiger partial charge in [0, 0.05) is 18.8 Å². The number of aromatic hydroxyl groups is 1. The van der Waals surface area contributed by atoms with Gasteiger partial charge in [0.1, 0.15) is 5.75 Å². The third kappa shape index (κ3) is 4.22. The Balaban J connectivity index is 1.89. The second-order valence-electron chi connectivity index (χ2n) is 4.93. The van der Waals surface area contributed by atoms with Crippen molar-refractivity contribution in [1.29, 1.82) is 0 Å². The number of carbonyl (C=O) groups excluding carboxylic acids is 1. The van der Waals surface area contributed by atoms with Crippen LogP contribution in [0.15, 0.2) is 18.2 Å². The lowest BCUT2D eigenvalue weighted by Gasteiger charge is -2.19. The highest BCUT2D eigenvalue weighted by Gasteiger charge is 2.13. The van der Waals surface area contributed by atoms with Gasteiger partial charge in [-0.3, -0.25) is 9.69 Å². The van der Waals surface area contributed by atoms with E-state index in [1.807, 2.05) is 6.92 Å². The maximum absolute atomic E-state index is 12.0. The van der Waals surface area contributed by atoms with Crippen LogP contribution in [-0.2, 0) is 4.79 Å². The van der Waals surface area contributed by atoms with Crippen LogP contribution in [0.3, 0.4) is 0 Å². The SMILES string of the molecule is Cc1cc(O)ccc1NC(=O)CN1CCCNCC1. The van der Waals surface area contributed by atoms with Gasteiger partial charge in [-0.15, -0.1) is 0 Å². The molecular weight excluding hydrogens is 242 g/mol. The second kappa shape index (κ2) is 6.54. The van der Waals surface area contributed by atoms with E-state index in [0.717, 1.165) is 43.9 Å². The molecule has 1 aromatic carbocycles. The lowest BCUT2D eigenvalue weighted by Crippen LogP contribution is -2.35. The molecule has 3 N–H and O–H groups in total. The molecule has 0 aliphatic carbocycles. The van der Waals surface area contributed by atoms with Gasteiger partial charge in [0.05, 0.1) is 6.54 Å². The van der Waals surface area contributed by atoms with E-state index in [9.17, 15) is 9.90 Å². The highest BCUT2D eigenvalue weighted by atomic mass is 16.3. The van der Waals surface area contributed by atoms with E-state index in [1.54, 1.807) is 18.2 Å². The molecule has 1 heterocycles. The van der Waals surface area contributed by atoms with Crippen LogP contribution in [0, 0.1) is 6.92 Å². The summed E-state index contributed by atoms with van der Waals surface area (Å²) in [6, 6.07) is 4.95. The van der Waals surface area contributed by atoms with Gasteiger partial charge in [-0.25, -0.2) is 0 Å². The Morgan fingerprint density at radius 2 is 2.26 bits per heavy atom. The molecule has 5 heteroatoms. The number of amides is 1. The van der Waals surface area contributed by atoms with Gasteiger partial charge >= 0.3 is 0 Å². The minimum absolute atomic E-state index is 0.00399. The number of rotatable bonds is 3. The van der Waals surface area contributed by atoms with Crippen LogP contribution in [0.1, 0.15) is 12.0 Å². The van der Waals surface area contributed by atoms with E-state index in [4.69, 9.17) is 0 Å². The first-order valence-corrected chi connectivity index (χ1v) is 6.68. The molecular formula is C14H21N3O2. The number of hydrogen-bond acceptors (Lipinski definition) is 4. The topological polar surface area (TPSA) is 64.6 Å². The molecule has 0 unspecified atom stereocenters. The maximum Gasteiger partial charge on any atom is 0.238 e. The van der Waals surface area contributed by atoms with Crippen LogP contribution in [0.4, 0.5) is 5.69 Å². The lowest BCUT2D eigenvalue weighted by molar-refractivity contribution is -0.117. The average molecular weight is 263 g/mol. The molecule has 1 aliphatic heterocycles. The number of anilines is 1. The van der Waals surface area contributed by atoms with Gasteiger partial charge in [0.25, 0.3) is 0 Å². The largest absolute Gasteiger partial charge is 0.508 e. The summed E-state index contributed by atoms with van der Waals surface area (Å²) in [7, 11) is 0. The van der Waals surface area contributed by atoms with Crippen LogP contribution >= 0.6 is 0 Å². The molecule has 1 aromatic rings. The van der Waals surface area contributed by atoms with Crippen molar-refractivity contribution in [3.05, 3.63) is 23.8 Å². The second-order valence-corrected chi connectivity index (χ2v) is 4.93. The Bertz CT molecular complexity index is 440. The number of phenolic OH excluding ortho intramolecular Hbond substituents is 1. The molecule has 0 radical (unpaired) electrons. The average Bonchev–Trinajstić information content (AvgIpc) is 2.61. The third-order valence-corrected chi connectivity index (χ3v) is 3.28. The first-order chi connectivity index (χ1) is 9.15. The van der Waals surface area contributed by atoms with E-state index in [2.05, 4.69) is 15.5 Å². The van der Waals surface area contributed by atoms with Crippen molar-refractivity contribution < 1.29 is 9.90 Å². The van der Waals surface area contributed by atoms with Crippen LogP contribution < -0.4 is 10.6 Å². The van der Waals surface area contributed by atoms with Gasteiger partial charge in [0.2, 0.25) is 5.91 Å². The van der Waals surface area contributed by atoms with Crippen LogP contribution in [0.5, 0.6) is 5.75 Å². The monoisotopic (exact) mass is 263 g/mol. The van der Waals surface area contributed by atoms with Crippen LogP contribution in [-0.4, -0.2) is 48.6 Å². The maximum atomic E-state index is 12.0. The molecule has 5 nitrogen and oxygen atoms in total. The molecule has 1 amide bonds. The van der Waals surface area contributed by atoms with Crippen molar-refractivity contribution in [2.45, 2.75) is 13.3 Å². The lowest BCUT2D eigenvalue weighted by atomic mass is 10.2. The van der Waals surface area contributed by atoms with Gasteiger partial charge < -0.3 is 15.7 Å². The van der Waals surface area contributed by atoms with E-state index >= 15 is 0 Å². The fraction of sp³-hybridized carbons (Fsp3) is 0.500. The fourth-order valence-electron chi connectivity index (χ4n) is 2.24. The Morgan fingerprint density at radius 1 is 1.42 bits per heavy atom. The number of nitrogens with one attached hydrogen (secondary N) is 2. The van der Waals surface area contributed by atoms with Crippen LogP contribution in [0.2, 0.25) is 0 Å². The Morgan fingerprint density at radius 3 is 3.05 bits per heavy atom. The standard InChI is InChI=1S/C14H21N3O2/c1-11-9-12(18)3-4-13(11)16-14(19)10-17-7-2-5-15-6-8-17/h3-4,9,15,18H,2,5-8,10H2,1H3,(H,16,19). The summed E-state index contributed by atoms with van der Waals surface area (Å²) in [4.78, 5) is 14.2. The highest BCUT2D eigenvalue weighted by Crippen LogP contribution is 2.19. The van der Waals surface area contributed by atoms with Crippen molar-refractivity contribution in [3.8, 4) is 5.75 Å². The van der Waals surface area contributed by atoms with Crippen molar-refractivity contribution in [2.24, 2.45) is 0 Å².